The highest BCUT2D eigenvalue weighted by molar-refractivity contribution is 5.23. The molecule has 0 amide bonds. The first kappa shape index (κ1) is 7.91. The smallest absolute Gasteiger partial charge is 0.249 e. The monoisotopic (exact) mass is 156 g/mol. The molecule has 0 aliphatic heterocycles. The molecule has 1 rings (SSSR count). The van der Waals surface area contributed by atoms with E-state index < -0.39 is 0 Å². The molecule has 0 spiro atoms. The van der Waals surface area contributed by atoms with Gasteiger partial charge in [0.2, 0.25) is 5.88 Å². The maximum absolute atomic E-state index is 9.24. The minimum Gasteiger partial charge on any atom is -0.491 e. The minimum atomic E-state index is -0.155. The molecular weight excluding hydrogens is 144 g/mol. The van der Waals surface area contributed by atoms with Crippen LogP contribution in [0.5, 0.6) is 5.88 Å². The zero-order valence-corrected chi connectivity index (χ0v) is 6.87. The van der Waals surface area contributed by atoms with Gasteiger partial charge in [0.25, 0.3) is 0 Å². The summed E-state index contributed by atoms with van der Waals surface area (Å²) in [6.45, 7) is 5.44. The van der Waals surface area contributed by atoms with Gasteiger partial charge in [-0.2, -0.15) is 0 Å². The van der Waals surface area contributed by atoms with Gasteiger partial charge >= 0.3 is 0 Å². The van der Waals surface area contributed by atoms with Crippen molar-refractivity contribution >= 4 is 0 Å². The van der Waals surface area contributed by atoms with E-state index in [0.29, 0.717) is 16.2 Å². The van der Waals surface area contributed by atoms with E-state index in [1.807, 2.05) is 13.8 Å². The molecule has 0 fully saturated rings. The average molecular weight is 156 g/mol. The molecule has 0 unspecified atom stereocenters. The van der Waals surface area contributed by atoms with Crippen LogP contribution in [0.2, 0.25) is 0 Å². The first-order chi connectivity index (χ1) is 5.04. The van der Waals surface area contributed by atoms with Gasteiger partial charge in [0.15, 0.2) is 0 Å². The average Bonchev–Trinajstić information content (AvgIpc) is 2.17. The van der Waals surface area contributed by atoms with Crippen molar-refractivity contribution < 1.29 is 10.3 Å². The number of imidazole rings is 1. The number of aromatic nitrogens is 2. The van der Waals surface area contributed by atoms with E-state index in [1.54, 1.807) is 6.92 Å². The molecule has 1 aromatic heterocycles. The predicted octanol–water partition coefficient (Wildman–Crippen LogP) is 1.26. The van der Waals surface area contributed by atoms with Crippen LogP contribution >= 0.6 is 0 Å². The summed E-state index contributed by atoms with van der Waals surface area (Å²) in [5, 5.41) is 18.3. The van der Waals surface area contributed by atoms with Crippen molar-refractivity contribution in [2.24, 2.45) is 0 Å². The van der Waals surface area contributed by atoms with Crippen molar-refractivity contribution in [1.82, 2.24) is 9.71 Å². The molecule has 1 heterocycles. The number of hydrogen-bond donors (Lipinski definition) is 2. The van der Waals surface area contributed by atoms with Crippen molar-refractivity contribution in [1.29, 1.82) is 0 Å². The molecule has 4 nitrogen and oxygen atoms in total. The fourth-order valence-corrected chi connectivity index (χ4v) is 0.921. The van der Waals surface area contributed by atoms with Crippen molar-refractivity contribution in [2.45, 2.75) is 26.7 Å². The summed E-state index contributed by atoms with van der Waals surface area (Å²) in [6, 6.07) is 0. The Balaban J connectivity index is 3.19. The third-order valence-corrected chi connectivity index (χ3v) is 1.57. The van der Waals surface area contributed by atoms with Crippen LogP contribution in [-0.4, -0.2) is 20.0 Å². The van der Waals surface area contributed by atoms with Gasteiger partial charge in [0, 0.05) is 5.92 Å². The van der Waals surface area contributed by atoms with Crippen molar-refractivity contribution in [3.8, 4) is 5.88 Å². The topological polar surface area (TPSA) is 58.3 Å². The lowest BCUT2D eigenvalue weighted by Crippen LogP contribution is -1.91. The number of nitrogens with zero attached hydrogens (tertiary/aromatic N) is 2. The van der Waals surface area contributed by atoms with Gasteiger partial charge < -0.3 is 10.3 Å². The maximum atomic E-state index is 9.24. The minimum absolute atomic E-state index is 0.127. The standard InChI is InChI=1S/C7H12N2O2/c1-4(2)6-7(10)9(11)5(3)8-6/h4,10-11H,1-3H3. The number of aromatic hydroxyl groups is 1. The second kappa shape index (κ2) is 2.45. The Hall–Kier alpha value is -1.19. The Morgan fingerprint density at radius 3 is 2.18 bits per heavy atom. The van der Waals surface area contributed by atoms with Gasteiger partial charge in [-0.25, -0.2) is 4.98 Å². The fraction of sp³-hybridized carbons (Fsp3) is 0.571. The van der Waals surface area contributed by atoms with E-state index in [2.05, 4.69) is 4.98 Å². The highest BCUT2D eigenvalue weighted by atomic mass is 16.5. The third-order valence-electron chi connectivity index (χ3n) is 1.57. The lowest BCUT2D eigenvalue weighted by Gasteiger charge is -1.99. The quantitative estimate of drug-likeness (QED) is 0.602. The highest BCUT2D eigenvalue weighted by Gasteiger charge is 2.15. The summed E-state index contributed by atoms with van der Waals surface area (Å²) in [6.07, 6.45) is 0. The maximum Gasteiger partial charge on any atom is 0.249 e. The molecule has 0 radical (unpaired) electrons. The molecule has 2 N–H and O–H groups in total. The molecule has 0 aliphatic rings. The van der Waals surface area contributed by atoms with Crippen LogP contribution < -0.4 is 0 Å². The number of rotatable bonds is 1. The van der Waals surface area contributed by atoms with Crippen LogP contribution in [0, 0.1) is 6.92 Å². The van der Waals surface area contributed by atoms with Crippen LogP contribution in [0.3, 0.4) is 0 Å². The van der Waals surface area contributed by atoms with E-state index in [4.69, 9.17) is 5.21 Å². The summed E-state index contributed by atoms with van der Waals surface area (Å²) >= 11 is 0. The Kier molecular flexibility index (Phi) is 1.76. The lowest BCUT2D eigenvalue weighted by molar-refractivity contribution is 0.148. The third kappa shape index (κ3) is 1.15. The van der Waals surface area contributed by atoms with Gasteiger partial charge in [-0.3, -0.25) is 0 Å². The lowest BCUT2D eigenvalue weighted by atomic mass is 10.1. The Morgan fingerprint density at radius 1 is 1.45 bits per heavy atom. The summed E-state index contributed by atoms with van der Waals surface area (Å²) in [5.74, 6) is 0.380. The Labute approximate surface area is 65.1 Å². The van der Waals surface area contributed by atoms with Gasteiger partial charge in [-0.05, 0) is 6.92 Å². The Morgan fingerprint density at radius 2 is 2.00 bits per heavy atom. The van der Waals surface area contributed by atoms with Crippen molar-refractivity contribution in [2.75, 3.05) is 0 Å². The number of aryl methyl sites for hydroxylation is 1. The van der Waals surface area contributed by atoms with Gasteiger partial charge in [0.05, 0.1) is 0 Å². The molecule has 62 valence electrons. The number of hydrogen-bond acceptors (Lipinski definition) is 3. The molecule has 1 aromatic rings. The molecule has 0 saturated heterocycles. The summed E-state index contributed by atoms with van der Waals surface area (Å²) in [5.41, 5.74) is 0.532. The molecule has 0 atom stereocenters. The van der Waals surface area contributed by atoms with Gasteiger partial charge in [-0.15, -0.1) is 4.73 Å². The van der Waals surface area contributed by atoms with Crippen LogP contribution in [0.4, 0.5) is 0 Å². The van der Waals surface area contributed by atoms with E-state index in [-0.39, 0.29) is 11.8 Å². The van der Waals surface area contributed by atoms with Crippen LogP contribution in [0.1, 0.15) is 31.3 Å². The molecule has 0 aliphatic carbocycles. The van der Waals surface area contributed by atoms with Crippen LogP contribution in [-0.2, 0) is 0 Å². The zero-order chi connectivity index (χ0) is 8.59. The predicted molar refractivity (Wildman–Crippen MR) is 39.9 cm³/mol. The fourth-order valence-electron chi connectivity index (χ4n) is 0.921. The summed E-state index contributed by atoms with van der Waals surface area (Å²) in [4.78, 5) is 3.97. The van der Waals surface area contributed by atoms with Gasteiger partial charge in [0.1, 0.15) is 11.5 Å². The SMILES string of the molecule is Cc1nc(C(C)C)c(O)n1O. The van der Waals surface area contributed by atoms with E-state index in [1.165, 1.54) is 0 Å². The first-order valence-corrected chi connectivity index (χ1v) is 3.51. The largest absolute Gasteiger partial charge is 0.491 e. The zero-order valence-electron chi connectivity index (χ0n) is 6.87. The molecule has 0 saturated carbocycles. The second-order valence-corrected chi connectivity index (χ2v) is 2.83. The van der Waals surface area contributed by atoms with E-state index in [9.17, 15) is 5.11 Å². The molecule has 4 heteroatoms. The van der Waals surface area contributed by atoms with Crippen molar-refractivity contribution in [3.63, 3.8) is 0 Å². The highest BCUT2D eigenvalue weighted by Crippen LogP contribution is 2.23. The summed E-state index contributed by atoms with van der Waals surface area (Å²) in [7, 11) is 0. The van der Waals surface area contributed by atoms with Gasteiger partial charge in [-0.1, -0.05) is 13.8 Å². The normalized spacial score (nSPS) is 10.9. The van der Waals surface area contributed by atoms with Crippen LogP contribution in [0.25, 0.3) is 0 Å². The second-order valence-electron chi connectivity index (χ2n) is 2.83. The van der Waals surface area contributed by atoms with Crippen molar-refractivity contribution in [3.05, 3.63) is 11.5 Å². The first-order valence-electron chi connectivity index (χ1n) is 3.51. The Bertz CT molecular complexity index is 266. The van der Waals surface area contributed by atoms with E-state index >= 15 is 0 Å². The van der Waals surface area contributed by atoms with E-state index in [0.717, 1.165) is 0 Å². The molecular formula is C7H12N2O2. The van der Waals surface area contributed by atoms with Crippen LogP contribution in [0.15, 0.2) is 0 Å². The molecule has 11 heavy (non-hydrogen) atoms. The molecule has 0 aromatic carbocycles. The molecule has 0 bridgehead atoms. The summed E-state index contributed by atoms with van der Waals surface area (Å²) < 4.78 is 0.690.